The lowest BCUT2D eigenvalue weighted by atomic mass is 10.1. The molecule has 1 N–H and O–H groups in total. The van der Waals surface area contributed by atoms with Crippen LogP contribution in [-0.4, -0.2) is 51.4 Å². The zero-order valence-electron chi connectivity index (χ0n) is 24.0. The number of halogens is 1. The van der Waals surface area contributed by atoms with Crippen molar-refractivity contribution in [1.29, 1.82) is 0 Å². The summed E-state index contributed by atoms with van der Waals surface area (Å²) in [5, 5.41) is 3.20. The van der Waals surface area contributed by atoms with Gasteiger partial charge in [0.05, 0.1) is 17.7 Å². The van der Waals surface area contributed by atoms with Gasteiger partial charge < -0.3 is 15.0 Å². The van der Waals surface area contributed by atoms with Gasteiger partial charge in [0.2, 0.25) is 11.8 Å². The van der Waals surface area contributed by atoms with Crippen molar-refractivity contribution < 1.29 is 22.7 Å². The molecule has 0 fully saturated rings. The zero-order chi connectivity index (χ0) is 30.0. The van der Waals surface area contributed by atoms with Gasteiger partial charge in [-0.1, -0.05) is 79.9 Å². The first kappa shape index (κ1) is 32.0. The standard InChI is InChI=1S/C31H38ClN3O5S/c1-5-7-19-33-31(37)27(6-2)34(21-24-11-9-8-10-12-24)30(36)22-35(28-20-25(32)15-18-29(28)40-4)41(38,39)26-16-13-23(3)14-17-26/h8-18,20,27H,5-7,19,21-22H2,1-4H3,(H,33,37). The van der Waals surface area contributed by atoms with E-state index in [1.165, 1.54) is 30.2 Å². The van der Waals surface area contributed by atoms with Crippen molar-refractivity contribution in [3.63, 3.8) is 0 Å². The molecule has 10 heteroatoms. The van der Waals surface area contributed by atoms with Gasteiger partial charge in [0.1, 0.15) is 18.3 Å². The van der Waals surface area contributed by atoms with Crippen LogP contribution in [0.5, 0.6) is 5.75 Å². The molecule has 2 amide bonds. The number of methoxy groups -OCH3 is 1. The number of hydrogen-bond acceptors (Lipinski definition) is 5. The average molecular weight is 600 g/mol. The van der Waals surface area contributed by atoms with E-state index in [9.17, 15) is 18.0 Å². The number of carbonyl (C=O) groups is 2. The third-order valence-corrected chi connectivity index (χ3v) is 8.72. The van der Waals surface area contributed by atoms with Gasteiger partial charge in [0.15, 0.2) is 0 Å². The fraction of sp³-hybridized carbons (Fsp3) is 0.355. The number of nitrogens with zero attached hydrogens (tertiary/aromatic N) is 2. The van der Waals surface area contributed by atoms with Crippen LogP contribution in [0.2, 0.25) is 5.02 Å². The van der Waals surface area contributed by atoms with Crippen molar-refractivity contribution in [2.45, 2.75) is 57.5 Å². The van der Waals surface area contributed by atoms with Gasteiger partial charge in [0.25, 0.3) is 10.0 Å². The summed E-state index contributed by atoms with van der Waals surface area (Å²) in [5.41, 5.74) is 1.82. The molecular weight excluding hydrogens is 562 g/mol. The Labute approximate surface area is 248 Å². The number of amides is 2. The Kier molecular flexibility index (Phi) is 11.6. The highest BCUT2D eigenvalue weighted by molar-refractivity contribution is 7.92. The molecule has 0 heterocycles. The molecule has 0 saturated carbocycles. The Morgan fingerprint density at radius 1 is 1.00 bits per heavy atom. The summed E-state index contributed by atoms with van der Waals surface area (Å²) in [4.78, 5) is 28.9. The van der Waals surface area contributed by atoms with E-state index in [0.29, 0.717) is 13.0 Å². The molecule has 0 saturated heterocycles. The molecule has 0 spiro atoms. The maximum absolute atomic E-state index is 14.1. The predicted molar refractivity (Wildman–Crippen MR) is 163 cm³/mol. The van der Waals surface area contributed by atoms with Crippen molar-refractivity contribution in [2.24, 2.45) is 0 Å². The van der Waals surface area contributed by atoms with Gasteiger partial charge >= 0.3 is 0 Å². The Morgan fingerprint density at radius 3 is 2.29 bits per heavy atom. The number of rotatable bonds is 14. The SMILES string of the molecule is CCCCNC(=O)C(CC)N(Cc1ccccc1)C(=O)CN(c1cc(Cl)ccc1OC)S(=O)(=O)c1ccc(C)cc1. The second-order valence-corrected chi connectivity index (χ2v) is 12.0. The largest absolute Gasteiger partial charge is 0.495 e. The lowest BCUT2D eigenvalue weighted by molar-refractivity contribution is -0.140. The highest BCUT2D eigenvalue weighted by atomic mass is 35.5. The van der Waals surface area contributed by atoms with E-state index in [4.69, 9.17) is 16.3 Å². The first-order valence-electron chi connectivity index (χ1n) is 13.7. The van der Waals surface area contributed by atoms with Crippen LogP contribution in [0.3, 0.4) is 0 Å². The van der Waals surface area contributed by atoms with Crippen molar-refractivity contribution in [1.82, 2.24) is 10.2 Å². The lowest BCUT2D eigenvalue weighted by Gasteiger charge is -2.33. The molecule has 0 aliphatic carbocycles. The fourth-order valence-corrected chi connectivity index (χ4v) is 6.00. The van der Waals surface area contributed by atoms with E-state index in [1.54, 1.807) is 24.3 Å². The van der Waals surface area contributed by atoms with Gasteiger partial charge in [0, 0.05) is 18.1 Å². The summed E-state index contributed by atoms with van der Waals surface area (Å²) in [6.07, 6.45) is 2.07. The fourth-order valence-electron chi connectivity index (χ4n) is 4.41. The minimum atomic E-state index is -4.25. The monoisotopic (exact) mass is 599 g/mol. The van der Waals surface area contributed by atoms with Crippen LogP contribution in [0.4, 0.5) is 5.69 Å². The average Bonchev–Trinajstić information content (AvgIpc) is 2.96. The maximum Gasteiger partial charge on any atom is 0.264 e. The van der Waals surface area contributed by atoms with Crippen molar-refractivity contribution in [3.05, 3.63) is 88.9 Å². The van der Waals surface area contributed by atoms with Crippen LogP contribution in [0, 0.1) is 6.92 Å². The number of carbonyl (C=O) groups excluding carboxylic acids is 2. The van der Waals surface area contributed by atoms with Gasteiger partial charge in [-0.05, 0) is 55.7 Å². The van der Waals surface area contributed by atoms with Gasteiger partial charge in [-0.3, -0.25) is 13.9 Å². The molecule has 220 valence electrons. The lowest BCUT2D eigenvalue weighted by Crippen LogP contribution is -2.52. The number of ether oxygens (including phenoxy) is 1. The number of benzene rings is 3. The number of unbranched alkanes of at least 4 members (excludes halogenated alkanes) is 1. The van der Waals surface area contributed by atoms with E-state index >= 15 is 0 Å². The van der Waals surface area contributed by atoms with Gasteiger partial charge in [-0.2, -0.15) is 0 Å². The number of nitrogens with one attached hydrogen (secondary N) is 1. The number of hydrogen-bond donors (Lipinski definition) is 1. The molecule has 0 aliphatic heterocycles. The van der Waals surface area contributed by atoms with E-state index in [0.717, 1.165) is 28.3 Å². The summed E-state index contributed by atoms with van der Waals surface area (Å²) in [6, 6.07) is 19.5. The van der Waals surface area contributed by atoms with Crippen LogP contribution in [-0.2, 0) is 26.2 Å². The molecule has 0 bridgehead atoms. The minimum Gasteiger partial charge on any atom is -0.495 e. The highest BCUT2D eigenvalue weighted by Crippen LogP contribution is 2.35. The Bertz CT molecular complexity index is 1420. The molecular formula is C31H38ClN3O5S. The molecule has 8 nitrogen and oxygen atoms in total. The topological polar surface area (TPSA) is 96.0 Å². The van der Waals surface area contributed by atoms with E-state index in [1.807, 2.05) is 51.1 Å². The third-order valence-electron chi connectivity index (χ3n) is 6.71. The van der Waals surface area contributed by atoms with Gasteiger partial charge in [-0.25, -0.2) is 8.42 Å². The minimum absolute atomic E-state index is 0.0110. The zero-order valence-corrected chi connectivity index (χ0v) is 25.5. The van der Waals surface area contributed by atoms with Gasteiger partial charge in [-0.15, -0.1) is 0 Å². The molecule has 3 rings (SSSR count). The van der Waals surface area contributed by atoms with Crippen LogP contribution in [0.25, 0.3) is 0 Å². The molecule has 3 aromatic carbocycles. The summed E-state index contributed by atoms with van der Waals surface area (Å²) >= 11 is 6.29. The van der Waals surface area contributed by atoms with E-state index in [-0.39, 0.29) is 33.8 Å². The maximum atomic E-state index is 14.1. The Morgan fingerprint density at radius 2 is 1.68 bits per heavy atom. The summed E-state index contributed by atoms with van der Waals surface area (Å²) in [6.45, 7) is 5.77. The van der Waals surface area contributed by atoms with Crippen molar-refractivity contribution >= 4 is 39.1 Å². The molecule has 3 aromatic rings. The normalized spacial score (nSPS) is 11.9. The smallest absolute Gasteiger partial charge is 0.264 e. The van der Waals surface area contributed by atoms with E-state index in [2.05, 4.69) is 5.32 Å². The van der Waals surface area contributed by atoms with Crippen LogP contribution >= 0.6 is 11.6 Å². The summed E-state index contributed by atoms with van der Waals surface area (Å²) in [7, 11) is -2.83. The Balaban J connectivity index is 2.09. The molecule has 0 aliphatic rings. The molecule has 41 heavy (non-hydrogen) atoms. The van der Waals surface area contributed by atoms with E-state index < -0.39 is 28.5 Å². The van der Waals surface area contributed by atoms with Crippen molar-refractivity contribution in [3.8, 4) is 5.75 Å². The van der Waals surface area contributed by atoms with Crippen molar-refractivity contribution in [2.75, 3.05) is 24.5 Å². The molecule has 0 aromatic heterocycles. The first-order valence-corrected chi connectivity index (χ1v) is 15.5. The predicted octanol–water partition coefficient (Wildman–Crippen LogP) is 5.58. The number of sulfonamides is 1. The molecule has 1 atom stereocenters. The van der Waals surface area contributed by atoms with Crippen LogP contribution < -0.4 is 14.4 Å². The highest BCUT2D eigenvalue weighted by Gasteiger charge is 2.34. The first-order chi connectivity index (χ1) is 19.6. The number of anilines is 1. The Hall–Kier alpha value is -3.56. The van der Waals surface area contributed by atoms with Crippen LogP contribution in [0.1, 0.15) is 44.2 Å². The second kappa shape index (κ2) is 14.9. The molecule has 1 unspecified atom stereocenters. The van der Waals surface area contributed by atoms with Crippen LogP contribution in [0.15, 0.2) is 77.7 Å². The summed E-state index contributed by atoms with van der Waals surface area (Å²) < 4.78 is 34.6. The molecule has 0 radical (unpaired) electrons. The number of aryl methyl sites for hydroxylation is 1. The summed E-state index contributed by atoms with van der Waals surface area (Å²) in [5.74, 6) is -0.584. The third kappa shape index (κ3) is 8.24. The quantitative estimate of drug-likeness (QED) is 0.244. The second-order valence-electron chi connectivity index (χ2n) is 9.72.